The summed E-state index contributed by atoms with van der Waals surface area (Å²) >= 11 is 13.6. The summed E-state index contributed by atoms with van der Waals surface area (Å²) in [5.41, 5.74) is 2.06. The highest BCUT2D eigenvalue weighted by Crippen LogP contribution is 2.34. The molecule has 34 heavy (non-hydrogen) atoms. The Labute approximate surface area is 212 Å². The summed E-state index contributed by atoms with van der Waals surface area (Å²) < 4.78 is 16.8. The maximum Gasteiger partial charge on any atom is 0.270 e. The number of carbonyl (C=O) groups excluding carboxylic acids is 1. The predicted octanol–water partition coefficient (Wildman–Crippen LogP) is 4.77. The molecule has 0 atom stereocenters. The van der Waals surface area contributed by atoms with Gasteiger partial charge < -0.3 is 19.5 Å². The average Bonchev–Trinajstić information content (AvgIpc) is 3.35. The van der Waals surface area contributed by atoms with E-state index in [4.69, 9.17) is 37.4 Å². The Balaban J connectivity index is 1.37. The fourth-order valence-corrected chi connectivity index (χ4v) is 4.73. The van der Waals surface area contributed by atoms with Gasteiger partial charge in [0.05, 0.1) is 20.3 Å². The second-order valence-electron chi connectivity index (χ2n) is 7.64. The number of halogens is 2. The molecule has 4 rings (SSSR count). The topological polar surface area (TPSA) is 72.9 Å². The van der Waals surface area contributed by atoms with Crippen molar-refractivity contribution in [3.63, 3.8) is 0 Å². The zero-order valence-corrected chi connectivity index (χ0v) is 21.0. The molecule has 3 aromatic rings. The molecule has 1 amide bonds. The van der Waals surface area contributed by atoms with Crippen molar-refractivity contribution in [1.29, 1.82) is 0 Å². The molecule has 0 saturated carbocycles. The number of nitrogens with one attached hydrogen (secondary N) is 1. The number of ether oxygens (including phenoxy) is 3. The summed E-state index contributed by atoms with van der Waals surface area (Å²) in [5.74, 6) is 0.965. The number of methoxy groups -OCH3 is 1. The van der Waals surface area contributed by atoms with Crippen molar-refractivity contribution >= 4 is 40.4 Å². The molecule has 1 N–H and O–H groups in total. The van der Waals surface area contributed by atoms with Crippen LogP contribution < -0.4 is 14.8 Å². The van der Waals surface area contributed by atoms with Gasteiger partial charge in [0.2, 0.25) is 0 Å². The van der Waals surface area contributed by atoms with Gasteiger partial charge in [-0.2, -0.15) is 0 Å². The van der Waals surface area contributed by atoms with Gasteiger partial charge in [-0.25, -0.2) is 4.98 Å². The van der Waals surface area contributed by atoms with Crippen LogP contribution >= 0.6 is 34.5 Å². The van der Waals surface area contributed by atoms with E-state index in [1.807, 2.05) is 24.3 Å². The van der Waals surface area contributed by atoms with Crippen LogP contribution in [0.15, 0.2) is 41.8 Å². The Morgan fingerprint density at radius 1 is 1.18 bits per heavy atom. The SMILES string of the molecule is COc1cc(-c2nc(C(=O)NCCN3CCOCC3)cs2)ccc1OCc1ccc(Cl)cc1Cl. The number of morpholine rings is 1. The van der Waals surface area contributed by atoms with Crippen LogP contribution in [-0.4, -0.2) is 62.3 Å². The summed E-state index contributed by atoms with van der Waals surface area (Å²) in [4.78, 5) is 19.3. The van der Waals surface area contributed by atoms with Crippen LogP contribution in [0.2, 0.25) is 10.0 Å². The molecule has 0 bridgehead atoms. The minimum Gasteiger partial charge on any atom is -0.493 e. The lowest BCUT2D eigenvalue weighted by molar-refractivity contribution is 0.0383. The number of amides is 1. The molecule has 2 heterocycles. The Hall–Kier alpha value is -2.36. The molecule has 1 aromatic heterocycles. The largest absolute Gasteiger partial charge is 0.493 e. The van der Waals surface area contributed by atoms with Crippen molar-refractivity contribution in [3.8, 4) is 22.1 Å². The monoisotopic (exact) mass is 521 g/mol. The number of aromatic nitrogens is 1. The maximum absolute atomic E-state index is 12.5. The first-order chi connectivity index (χ1) is 16.5. The molecule has 0 aliphatic carbocycles. The molecule has 2 aromatic carbocycles. The van der Waals surface area contributed by atoms with Crippen LogP contribution in [0.5, 0.6) is 11.5 Å². The number of carbonyl (C=O) groups is 1. The van der Waals surface area contributed by atoms with Gasteiger partial charge in [0.1, 0.15) is 17.3 Å². The zero-order valence-electron chi connectivity index (χ0n) is 18.7. The highest BCUT2D eigenvalue weighted by molar-refractivity contribution is 7.13. The van der Waals surface area contributed by atoms with Crippen molar-refractivity contribution in [1.82, 2.24) is 15.2 Å². The molecule has 0 radical (unpaired) electrons. The van der Waals surface area contributed by atoms with Gasteiger partial charge >= 0.3 is 0 Å². The first-order valence-corrected chi connectivity index (χ1v) is 12.5. The highest BCUT2D eigenvalue weighted by Gasteiger charge is 2.15. The third-order valence-corrected chi connectivity index (χ3v) is 6.84. The van der Waals surface area contributed by atoms with E-state index >= 15 is 0 Å². The first-order valence-electron chi connectivity index (χ1n) is 10.8. The lowest BCUT2D eigenvalue weighted by Crippen LogP contribution is -2.41. The fraction of sp³-hybridized carbons (Fsp3) is 0.333. The van der Waals surface area contributed by atoms with Crippen molar-refractivity contribution in [2.24, 2.45) is 0 Å². The van der Waals surface area contributed by atoms with E-state index in [-0.39, 0.29) is 12.5 Å². The minimum absolute atomic E-state index is 0.178. The molecule has 1 aliphatic heterocycles. The van der Waals surface area contributed by atoms with E-state index < -0.39 is 0 Å². The Bertz CT molecular complexity index is 1140. The quantitative estimate of drug-likeness (QED) is 0.437. The fourth-order valence-electron chi connectivity index (χ4n) is 3.47. The number of hydrogen-bond donors (Lipinski definition) is 1. The molecule has 1 fully saturated rings. The van der Waals surface area contributed by atoms with E-state index in [9.17, 15) is 4.79 Å². The van der Waals surface area contributed by atoms with Crippen LogP contribution in [0.4, 0.5) is 0 Å². The molecule has 0 unspecified atom stereocenters. The van der Waals surface area contributed by atoms with Crippen LogP contribution in [0.1, 0.15) is 16.1 Å². The summed E-state index contributed by atoms with van der Waals surface area (Å²) in [6.07, 6.45) is 0. The predicted molar refractivity (Wildman–Crippen MR) is 134 cm³/mol. The van der Waals surface area contributed by atoms with Crippen LogP contribution in [0, 0.1) is 0 Å². The first kappa shape index (κ1) is 24.8. The maximum atomic E-state index is 12.5. The van der Waals surface area contributed by atoms with Crippen molar-refractivity contribution < 1.29 is 19.0 Å². The van der Waals surface area contributed by atoms with E-state index in [1.54, 1.807) is 24.6 Å². The average molecular weight is 522 g/mol. The molecule has 7 nitrogen and oxygen atoms in total. The van der Waals surface area contributed by atoms with E-state index in [0.717, 1.165) is 49.0 Å². The molecule has 1 aliphatic rings. The van der Waals surface area contributed by atoms with Gasteiger partial charge in [-0.1, -0.05) is 29.3 Å². The van der Waals surface area contributed by atoms with Crippen LogP contribution in [0.3, 0.4) is 0 Å². The molecular weight excluding hydrogens is 497 g/mol. The molecule has 1 saturated heterocycles. The molecular formula is C24H25Cl2N3O4S. The number of thiazole rings is 1. The number of nitrogens with zero attached hydrogens (tertiary/aromatic N) is 2. The molecule has 0 spiro atoms. The third-order valence-electron chi connectivity index (χ3n) is 5.36. The Kier molecular flexibility index (Phi) is 8.64. The van der Waals surface area contributed by atoms with Crippen LogP contribution in [-0.2, 0) is 11.3 Å². The van der Waals surface area contributed by atoms with Crippen molar-refractivity contribution in [2.45, 2.75) is 6.61 Å². The number of rotatable bonds is 9. The Morgan fingerprint density at radius 2 is 2.00 bits per heavy atom. The highest BCUT2D eigenvalue weighted by atomic mass is 35.5. The second kappa shape index (κ2) is 11.9. The van der Waals surface area contributed by atoms with Gasteiger partial charge in [-0.3, -0.25) is 9.69 Å². The van der Waals surface area contributed by atoms with Gasteiger partial charge in [0.15, 0.2) is 11.5 Å². The lowest BCUT2D eigenvalue weighted by atomic mass is 10.2. The lowest BCUT2D eigenvalue weighted by Gasteiger charge is -2.26. The summed E-state index contributed by atoms with van der Waals surface area (Å²) in [6, 6.07) is 10.8. The molecule has 180 valence electrons. The second-order valence-corrected chi connectivity index (χ2v) is 9.34. The number of benzene rings is 2. The van der Waals surface area contributed by atoms with E-state index in [1.165, 1.54) is 11.3 Å². The van der Waals surface area contributed by atoms with Gasteiger partial charge in [-0.05, 0) is 30.3 Å². The molecule has 10 heteroatoms. The van der Waals surface area contributed by atoms with Gasteiger partial charge in [-0.15, -0.1) is 11.3 Å². The normalized spacial score (nSPS) is 14.1. The summed E-state index contributed by atoms with van der Waals surface area (Å²) in [6.45, 7) is 4.92. The zero-order chi connectivity index (χ0) is 23.9. The Morgan fingerprint density at radius 3 is 2.76 bits per heavy atom. The van der Waals surface area contributed by atoms with Gasteiger partial charge in [0.25, 0.3) is 5.91 Å². The van der Waals surface area contributed by atoms with Gasteiger partial charge in [0, 0.05) is 52.7 Å². The summed E-state index contributed by atoms with van der Waals surface area (Å²) in [5, 5.41) is 6.55. The summed E-state index contributed by atoms with van der Waals surface area (Å²) in [7, 11) is 1.58. The third kappa shape index (κ3) is 6.40. The minimum atomic E-state index is -0.178. The number of hydrogen-bond acceptors (Lipinski definition) is 7. The van der Waals surface area contributed by atoms with Crippen molar-refractivity contribution in [2.75, 3.05) is 46.5 Å². The van der Waals surface area contributed by atoms with Crippen molar-refractivity contribution in [3.05, 3.63) is 63.1 Å². The van der Waals surface area contributed by atoms with E-state index in [0.29, 0.717) is 33.8 Å². The van der Waals surface area contributed by atoms with Crippen LogP contribution in [0.25, 0.3) is 10.6 Å². The smallest absolute Gasteiger partial charge is 0.270 e. The standard InChI is InChI=1S/C24H25Cl2N3O4S/c1-31-22-12-16(3-5-21(22)33-14-17-2-4-18(25)13-19(17)26)24-28-20(15-34-24)23(30)27-6-7-29-8-10-32-11-9-29/h2-5,12-13,15H,6-11,14H2,1H3,(H,27,30). The van der Waals surface area contributed by atoms with E-state index in [2.05, 4.69) is 15.2 Å².